The zero-order valence-electron chi connectivity index (χ0n) is 13.1. The van der Waals surface area contributed by atoms with Gasteiger partial charge in [-0.15, -0.1) is 0 Å². The van der Waals surface area contributed by atoms with Crippen molar-refractivity contribution in [2.24, 2.45) is 5.11 Å². The van der Waals surface area contributed by atoms with E-state index in [-0.39, 0.29) is 12.6 Å². The smallest absolute Gasteiger partial charge is 0.407 e. The number of hydrogen-bond donors (Lipinski definition) is 1. The summed E-state index contributed by atoms with van der Waals surface area (Å²) in [6, 6.07) is 13.8. The van der Waals surface area contributed by atoms with Gasteiger partial charge in [0.2, 0.25) is 0 Å². The maximum atomic E-state index is 11.2. The zero-order valence-corrected chi connectivity index (χ0v) is 13.1. The molecule has 1 saturated heterocycles. The minimum atomic E-state index is -0.978. The van der Waals surface area contributed by atoms with E-state index in [1.165, 1.54) is 4.90 Å². The SMILES string of the molecule is [N-]=[N+]=NC1CCN(C(=O)O)CC1OCc1ccc2ccccc2c1. The van der Waals surface area contributed by atoms with E-state index in [4.69, 9.17) is 15.4 Å². The second kappa shape index (κ2) is 7.21. The first-order valence-corrected chi connectivity index (χ1v) is 7.79. The van der Waals surface area contributed by atoms with Crippen LogP contribution in [0.25, 0.3) is 21.2 Å². The summed E-state index contributed by atoms with van der Waals surface area (Å²) >= 11 is 0. The molecule has 2 atom stereocenters. The van der Waals surface area contributed by atoms with Crippen molar-refractivity contribution in [1.29, 1.82) is 0 Å². The summed E-state index contributed by atoms with van der Waals surface area (Å²) in [5.74, 6) is 0. The van der Waals surface area contributed by atoms with E-state index in [9.17, 15) is 4.79 Å². The number of nitrogens with zero attached hydrogens (tertiary/aromatic N) is 4. The Morgan fingerprint density at radius 1 is 1.33 bits per heavy atom. The molecule has 0 radical (unpaired) electrons. The van der Waals surface area contributed by atoms with Gasteiger partial charge in [-0.2, -0.15) is 0 Å². The Morgan fingerprint density at radius 3 is 2.88 bits per heavy atom. The lowest BCUT2D eigenvalue weighted by molar-refractivity contribution is -0.0177. The molecular weight excluding hydrogens is 308 g/mol. The quantitative estimate of drug-likeness (QED) is 0.525. The van der Waals surface area contributed by atoms with Crippen LogP contribution in [-0.4, -0.2) is 41.3 Å². The number of amides is 1. The first kappa shape index (κ1) is 16.1. The van der Waals surface area contributed by atoms with Crippen LogP contribution in [-0.2, 0) is 11.3 Å². The molecule has 7 heteroatoms. The molecule has 2 aromatic carbocycles. The van der Waals surface area contributed by atoms with Crippen molar-refractivity contribution in [3.63, 3.8) is 0 Å². The fourth-order valence-corrected chi connectivity index (χ4v) is 2.97. The van der Waals surface area contributed by atoms with Gasteiger partial charge in [-0.1, -0.05) is 41.5 Å². The molecule has 2 unspecified atom stereocenters. The maximum Gasteiger partial charge on any atom is 0.407 e. The number of azide groups is 1. The molecule has 124 valence electrons. The molecule has 3 rings (SSSR count). The Kier molecular flexibility index (Phi) is 4.84. The molecule has 0 bridgehead atoms. The van der Waals surface area contributed by atoms with Crippen molar-refractivity contribution < 1.29 is 14.6 Å². The van der Waals surface area contributed by atoms with Crippen molar-refractivity contribution in [3.8, 4) is 0 Å². The van der Waals surface area contributed by atoms with E-state index in [1.54, 1.807) is 0 Å². The Labute approximate surface area is 139 Å². The van der Waals surface area contributed by atoms with Gasteiger partial charge >= 0.3 is 6.09 Å². The Morgan fingerprint density at radius 2 is 2.12 bits per heavy atom. The number of rotatable bonds is 4. The predicted octanol–water partition coefficient (Wildman–Crippen LogP) is 3.79. The highest BCUT2D eigenvalue weighted by Gasteiger charge is 2.31. The molecule has 1 fully saturated rings. The molecule has 1 N–H and O–H groups in total. The largest absolute Gasteiger partial charge is 0.465 e. The molecule has 7 nitrogen and oxygen atoms in total. The van der Waals surface area contributed by atoms with Crippen LogP contribution in [0.4, 0.5) is 4.79 Å². The van der Waals surface area contributed by atoms with Crippen LogP contribution in [0, 0.1) is 0 Å². The third kappa shape index (κ3) is 3.59. The lowest BCUT2D eigenvalue weighted by Gasteiger charge is -2.34. The molecule has 0 aliphatic carbocycles. The van der Waals surface area contributed by atoms with Crippen LogP contribution in [0.3, 0.4) is 0 Å². The van der Waals surface area contributed by atoms with E-state index in [2.05, 4.69) is 16.1 Å². The minimum absolute atomic E-state index is 0.215. The lowest BCUT2D eigenvalue weighted by Crippen LogP contribution is -2.49. The first-order chi connectivity index (χ1) is 11.7. The van der Waals surface area contributed by atoms with Gasteiger partial charge in [0.1, 0.15) is 0 Å². The van der Waals surface area contributed by atoms with E-state index in [0.717, 1.165) is 16.3 Å². The fourth-order valence-electron chi connectivity index (χ4n) is 2.97. The average molecular weight is 326 g/mol. The van der Waals surface area contributed by atoms with Crippen molar-refractivity contribution in [2.45, 2.75) is 25.2 Å². The van der Waals surface area contributed by atoms with Gasteiger partial charge in [0.25, 0.3) is 0 Å². The van der Waals surface area contributed by atoms with Gasteiger partial charge in [-0.05, 0) is 34.4 Å². The highest BCUT2D eigenvalue weighted by Crippen LogP contribution is 2.21. The summed E-state index contributed by atoms with van der Waals surface area (Å²) in [4.78, 5) is 15.3. The minimum Gasteiger partial charge on any atom is -0.465 e. The molecule has 0 spiro atoms. The number of piperidine rings is 1. The standard InChI is InChI=1S/C17H18N4O3/c18-20-19-15-7-8-21(17(22)23)10-16(15)24-11-12-5-6-13-3-1-2-4-14(13)9-12/h1-6,9,15-16H,7-8,10-11H2,(H,22,23). The van der Waals surface area contributed by atoms with E-state index >= 15 is 0 Å². The van der Waals surface area contributed by atoms with Gasteiger partial charge in [0.15, 0.2) is 0 Å². The third-order valence-corrected chi connectivity index (χ3v) is 4.27. The van der Waals surface area contributed by atoms with Crippen LogP contribution >= 0.6 is 0 Å². The second-order valence-corrected chi connectivity index (χ2v) is 5.82. The Balaban J connectivity index is 1.71. The van der Waals surface area contributed by atoms with Crippen LogP contribution in [0.15, 0.2) is 47.6 Å². The number of carbonyl (C=O) groups is 1. The van der Waals surface area contributed by atoms with Gasteiger partial charge in [-0.25, -0.2) is 4.79 Å². The zero-order chi connectivity index (χ0) is 16.9. The summed E-state index contributed by atoms with van der Waals surface area (Å²) < 4.78 is 5.89. The lowest BCUT2D eigenvalue weighted by atomic mass is 10.0. The van der Waals surface area contributed by atoms with Gasteiger partial charge in [-0.3, -0.25) is 0 Å². The molecule has 24 heavy (non-hydrogen) atoms. The van der Waals surface area contributed by atoms with E-state index < -0.39 is 12.2 Å². The van der Waals surface area contributed by atoms with Crippen molar-refractivity contribution >= 4 is 16.9 Å². The summed E-state index contributed by atoms with van der Waals surface area (Å²) in [6.45, 7) is 0.919. The number of hydrogen-bond acceptors (Lipinski definition) is 3. The van der Waals surface area contributed by atoms with E-state index in [0.29, 0.717) is 19.6 Å². The normalized spacial score (nSPS) is 20.6. The summed E-state index contributed by atoms with van der Waals surface area (Å²) in [7, 11) is 0. The molecule has 0 aromatic heterocycles. The predicted molar refractivity (Wildman–Crippen MR) is 89.7 cm³/mol. The Hall–Kier alpha value is -2.76. The van der Waals surface area contributed by atoms with E-state index in [1.807, 2.05) is 36.4 Å². The molecule has 1 heterocycles. The highest BCUT2D eigenvalue weighted by atomic mass is 16.5. The first-order valence-electron chi connectivity index (χ1n) is 7.79. The Bertz CT molecular complexity index is 788. The molecule has 2 aromatic rings. The fraction of sp³-hybridized carbons (Fsp3) is 0.353. The van der Waals surface area contributed by atoms with Crippen LogP contribution < -0.4 is 0 Å². The number of likely N-dealkylation sites (tertiary alicyclic amines) is 1. The summed E-state index contributed by atoms with van der Waals surface area (Å²) in [5, 5.41) is 15.2. The average Bonchev–Trinajstić information content (AvgIpc) is 2.60. The molecule has 1 aliphatic rings. The molecule has 0 saturated carbocycles. The number of ether oxygens (including phenoxy) is 1. The maximum absolute atomic E-state index is 11.2. The number of fused-ring (bicyclic) bond motifs is 1. The second-order valence-electron chi connectivity index (χ2n) is 5.82. The topological polar surface area (TPSA) is 98.5 Å². The number of benzene rings is 2. The van der Waals surface area contributed by atoms with Crippen molar-refractivity contribution in [2.75, 3.05) is 13.1 Å². The molecule has 1 amide bonds. The van der Waals surface area contributed by atoms with Crippen LogP contribution in [0.5, 0.6) is 0 Å². The highest BCUT2D eigenvalue weighted by molar-refractivity contribution is 5.82. The summed E-state index contributed by atoms with van der Waals surface area (Å²) in [6.07, 6.45) is -0.940. The van der Waals surface area contributed by atoms with Gasteiger partial charge in [0, 0.05) is 11.5 Å². The van der Waals surface area contributed by atoms with Crippen molar-refractivity contribution in [1.82, 2.24) is 4.90 Å². The molecule has 1 aliphatic heterocycles. The van der Waals surface area contributed by atoms with Crippen LogP contribution in [0.1, 0.15) is 12.0 Å². The monoisotopic (exact) mass is 326 g/mol. The van der Waals surface area contributed by atoms with Crippen LogP contribution in [0.2, 0.25) is 0 Å². The van der Waals surface area contributed by atoms with Gasteiger partial charge in [0.05, 0.1) is 25.3 Å². The third-order valence-electron chi connectivity index (χ3n) is 4.27. The van der Waals surface area contributed by atoms with Gasteiger partial charge < -0.3 is 14.7 Å². The summed E-state index contributed by atoms with van der Waals surface area (Å²) in [5.41, 5.74) is 9.69. The molecular formula is C17H18N4O3. The van der Waals surface area contributed by atoms with Crippen molar-refractivity contribution in [3.05, 3.63) is 58.5 Å². The number of carboxylic acid groups (broad SMARTS) is 1.